The van der Waals surface area contributed by atoms with E-state index in [1.54, 1.807) is 13.0 Å². The number of benzene rings is 7. The van der Waals surface area contributed by atoms with Gasteiger partial charge in [-0.2, -0.15) is 0 Å². The summed E-state index contributed by atoms with van der Waals surface area (Å²) in [5.41, 5.74) is 6.95. The lowest BCUT2D eigenvalue weighted by molar-refractivity contribution is 0.0807. The van der Waals surface area contributed by atoms with Crippen LogP contribution in [-0.2, 0) is 0 Å². The van der Waals surface area contributed by atoms with Gasteiger partial charge in [0.05, 0.1) is 101 Å². The fourth-order valence-corrected chi connectivity index (χ4v) is 19.3. The Morgan fingerprint density at radius 3 is 0.899 bits per heavy atom. The molecule has 10 N–H and O–H groups in total. The lowest BCUT2D eigenvalue weighted by Gasteiger charge is -2.25. The Bertz CT molecular complexity index is 4160. The number of rotatable bonds is 38. The van der Waals surface area contributed by atoms with Crippen LogP contribution >= 0.6 is 0 Å². The van der Waals surface area contributed by atoms with Crippen LogP contribution in [0.15, 0.2) is 170 Å². The molecular weight excluding hydrogens is 1730 g/mol. The monoisotopic (exact) mass is 1910 g/mol. The molecule has 7 saturated carbocycles. The van der Waals surface area contributed by atoms with E-state index >= 15 is 0 Å². The lowest BCUT2D eigenvalue weighted by atomic mass is 9.88. The van der Waals surface area contributed by atoms with Crippen LogP contribution in [0.4, 0.5) is 4.39 Å². The average molecular weight is 1910 g/mol. The summed E-state index contributed by atoms with van der Waals surface area (Å²) in [6.07, 6.45) is 46.1. The van der Waals surface area contributed by atoms with Crippen LogP contribution < -0.4 is 33.2 Å². The molecule has 0 saturated heterocycles. The summed E-state index contributed by atoms with van der Waals surface area (Å²) in [7, 11) is 0. The molecule has 7 aliphatic carbocycles. The molecule has 0 radical (unpaired) electrons. The van der Waals surface area contributed by atoms with Crippen molar-refractivity contribution in [3.8, 4) is 52.1 Å². The van der Waals surface area contributed by atoms with Gasteiger partial charge in [0.1, 0.15) is 46.1 Å². The summed E-state index contributed by atoms with van der Waals surface area (Å²) in [5, 5.41) is 96.2. The number of halogens is 1. The zero-order valence-electron chi connectivity index (χ0n) is 84.4. The van der Waals surface area contributed by atoms with Crippen molar-refractivity contribution < 1.29 is 83.5 Å². The van der Waals surface area contributed by atoms with E-state index in [4.69, 9.17) is 38.6 Å². The molecule has 18 heteroatoms. The van der Waals surface area contributed by atoms with E-state index in [2.05, 4.69) is 53.4 Å². The molecule has 13 atom stereocenters. The first kappa shape index (κ1) is 117. The molecule has 7 aromatic carbocycles. The van der Waals surface area contributed by atoms with Gasteiger partial charge >= 0.3 is 0 Å². The van der Waals surface area contributed by atoms with Crippen molar-refractivity contribution in [3.63, 3.8) is 0 Å². The van der Waals surface area contributed by atoms with E-state index < -0.39 is 30.5 Å². The highest BCUT2D eigenvalue weighted by molar-refractivity contribution is 5.79. The number of aliphatic hydroxyl groups excluding tert-OH is 9. The van der Waals surface area contributed by atoms with Crippen LogP contribution in [0.1, 0.15) is 395 Å². The Hall–Kier alpha value is -8.32. The number of allylic oxidation sites excluding steroid dienone is 1. The number of aliphatic hydroxyl groups is 9. The molecule has 17 nitrogen and oxygen atoms in total. The highest BCUT2D eigenvalue weighted by Gasteiger charge is 2.27. The molecule has 14 rings (SSSR count). The molecule has 7 aromatic rings. The minimum Gasteiger partial charge on any atom is -0.493 e. The maximum atomic E-state index is 13.5. The van der Waals surface area contributed by atoms with Crippen molar-refractivity contribution in [2.24, 2.45) is 41.4 Å². The third-order valence-electron chi connectivity index (χ3n) is 27.2. The van der Waals surface area contributed by atoms with Gasteiger partial charge < -0.3 is 84.5 Å². The summed E-state index contributed by atoms with van der Waals surface area (Å²) in [6, 6.07) is 51.6. The highest BCUT2D eigenvalue weighted by Crippen LogP contribution is 2.36. The molecule has 0 aliphatic heterocycles. The molecule has 766 valence electrons. The van der Waals surface area contributed by atoms with Crippen molar-refractivity contribution in [3.05, 3.63) is 215 Å². The molecule has 0 spiro atoms. The van der Waals surface area contributed by atoms with Crippen LogP contribution in [0.5, 0.6) is 40.2 Å². The molecule has 0 heterocycles. The topological polar surface area (TPSA) is 271 Å². The normalized spacial score (nSPS) is 21.1. The van der Waals surface area contributed by atoms with Gasteiger partial charge in [-0.3, -0.25) is 0 Å². The molecule has 138 heavy (non-hydrogen) atoms. The molecular formula is C120H178FNO16. The first-order valence-corrected chi connectivity index (χ1v) is 53.2. The van der Waals surface area contributed by atoms with E-state index in [0.29, 0.717) is 79.8 Å². The van der Waals surface area contributed by atoms with E-state index in [9.17, 15) is 50.3 Å². The van der Waals surface area contributed by atoms with E-state index in [1.807, 2.05) is 164 Å². The molecule has 0 amide bonds. The zero-order chi connectivity index (χ0) is 98.0. The second kappa shape index (κ2) is 68.7. The molecule has 1 unspecified atom stereocenters. The first-order chi connectivity index (χ1) is 66.5. The van der Waals surface area contributed by atoms with Crippen LogP contribution in [0.2, 0.25) is 0 Å². The Kier molecular flexibility index (Phi) is 58.1. The number of hydrogen-bond donors (Lipinski definition) is 10. The highest BCUT2D eigenvalue weighted by atomic mass is 19.1. The zero-order valence-corrected chi connectivity index (χ0v) is 84.4. The smallest absolute Gasteiger partial charge is 0.127 e. The average Bonchev–Trinajstić information content (AvgIpc) is 0.889. The Balaban J connectivity index is 0.000000219. The van der Waals surface area contributed by atoms with E-state index in [0.717, 1.165) is 266 Å². The Morgan fingerprint density at radius 1 is 0.341 bits per heavy atom. The van der Waals surface area contributed by atoms with Gasteiger partial charge in [0, 0.05) is 30.2 Å². The van der Waals surface area contributed by atoms with Crippen LogP contribution in [0, 0.1) is 64.5 Å². The summed E-state index contributed by atoms with van der Waals surface area (Å²) in [4.78, 5) is 0. The first-order valence-electron chi connectivity index (χ1n) is 53.2. The van der Waals surface area contributed by atoms with Crippen molar-refractivity contribution in [1.29, 1.82) is 5.41 Å². The number of ether oxygens (including phenoxy) is 7. The fraction of sp³-hybridized carbons (Fsp3) is 0.608. The maximum Gasteiger partial charge on any atom is 0.127 e. The number of hydrogen-bond acceptors (Lipinski definition) is 17. The summed E-state index contributed by atoms with van der Waals surface area (Å²) >= 11 is 0. The van der Waals surface area contributed by atoms with Gasteiger partial charge in [-0.1, -0.05) is 249 Å². The van der Waals surface area contributed by atoms with Gasteiger partial charge in [-0.25, -0.2) is 4.39 Å². The Labute approximate surface area is 830 Å². The van der Waals surface area contributed by atoms with Crippen LogP contribution in [0.25, 0.3) is 6.08 Å². The third-order valence-corrected chi connectivity index (χ3v) is 27.2. The van der Waals surface area contributed by atoms with Crippen molar-refractivity contribution in [1.82, 2.24) is 0 Å². The Morgan fingerprint density at radius 2 is 0.616 bits per heavy atom. The van der Waals surface area contributed by atoms with Gasteiger partial charge in [0.15, 0.2) is 0 Å². The van der Waals surface area contributed by atoms with Gasteiger partial charge in [0.2, 0.25) is 0 Å². The SMILES string of the molecule is C.CC(=N)CC(O)c1cccc(OCC2CCCCC2)c1.CC/C=C/c1cc(F)cc(OCC2CCCCC2)c1.CCC#Cc1cccc(OCC2CCCCC2)c1.CCC[C@@H](O)c1cccc(OC[C@@H]2CCC[C@@H](O)C2)c1.CCC[C@@H](O)c1cccc(OC[C@@H]2CCC[C@H](O)C2)c1.CCC[C@@H](O)c1cccc(OC[C@H]2CCC[C@@H](O)C2)c1.CCC[C@@H](O)c1cccc(OC[C@H]2CCC[C@H](O)C2)c1. The minimum absolute atomic E-state index is 0. The van der Waals surface area contributed by atoms with Crippen molar-refractivity contribution in [2.75, 3.05) is 46.2 Å². The summed E-state index contributed by atoms with van der Waals surface area (Å²) < 4.78 is 54.4. The van der Waals surface area contributed by atoms with Crippen molar-refractivity contribution >= 4 is 11.8 Å². The van der Waals surface area contributed by atoms with E-state index in [1.165, 1.54) is 102 Å². The summed E-state index contributed by atoms with van der Waals surface area (Å²) in [6.45, 7) is 19.1. The molecule has 7 fully saturated rings. The standard InChI is InChI=1S/C17H23FO.C17H25NO2.4C17H26O3.C17H22O.CH4/c1-2-3-7-15-10-16(18)12-17(11-15)19-13-14-8-5-4-6-9-14;1-13(18)10-17(19)15-8-5-9-16(11-15)20-12-14-6-3-2-4-7-14;4*1-2-5-17(19)14-7-4-9-16(11-14)20-12-13-6-3-8-15(18)10-13;1-2-3-8-15-11-7-12-17(13-15)18-14-16-9-5-4-6-10-16;/h3,7,10-12,14H,2,4-6,8-9,13H2,1H3;5,8-9,11,14,17-19H,2-4,6-7,10,12H2,1H3;4*4,7,9,11,13,15,17-19H,2-3,5-6,8,10,12H2,1H3;7,11-13,16H,2,4-6,9-10,14H2,1H3;1H4/b7-3+;;;;;;;/t;;13-,15+,17+;13-,15+,17-;13-,15-,17+;13-,15-,17-;;/m..0101../s1. The predicted octanol–water partition coefficient (Wildman–Crippen LogP) is 28.2. The number of nitrogens with one attached hydrogen (secondary N) is 1. The van der Waals surface area contributed by atoms with Gasteiger partial charge in [0.25, 0.3) is 0 Å². The molecule has 0 aromatic heterocycles. The third kappa shape index (κ3) is 48.0. The second-order valence-corrected chi connectivity index (χ2v) is 39.7. The fourth-order valence-electron chi connectivity index (χ4n) is 19.3. The van der Waals surface area contributed by atoms with E-state index in [-0.39, 0.29) is 37.7 Å². The molecule has 7 aliphatic rings. The predicted molar refractivity (Wildman–Crippen MR) is 561 cm³/mol. The maximum absolute atomic E-state index is 13.5. The minimum atomic E-state index is -0.606. The van der Waals surface area contributed by atoms with Crippen molar-refractivity contribution in [2.45, 2.75) is 381 Å². The van der Waals surface area contributed by atoms with Crippen LogP contribution in [-0.4, -0.2) is 122 Å². The largest absolute Gasteiger partial charge is 0.493 e. The quantitative estimate of drug-likeness (QED) is 0.0127. The summed E-state index contributed by atoms with van der Waals surface area (Å²) in [5.74, 6) is 15.6. The van der Waals surface area contributed by atoms with Gasteiger partial charge in [-0.05, 0) is 320 Å². The lowest BCUT2D eigenvalue weighted by Crippen LogP contribution is -2.24. The second-order valence-electron chi connectivity index (χ2n) is 39.7. The van der Waals surface area contributed by atoms with Gasteiger partial charge in [-0.15, -0.1) is 0 Å². The van der Waals surface area contributed by atoms with Crippen LogP contribution in [0.3, 0.4) is 0 Å². The molecule has 0 bridgehead atoms.